The summed E-state index contributed by atoms with van der Waals surface area (Å²) in [6.07, 6.45) is 4.31. The molecule has 232 valence electrons. The van der Waals surface area contributed by atoms with Crippen molar-refractivity contribution >= 4 is 38.5 Å². The molecule has 0 bridgehead atoms. The molecule has 4 rings (SSSR count). The maximum absolute atomic E-state index is 12.8. The number of benzene rings is 1. The van der Waals surface area contributed by atoms with Crippen molar-refractivity contribution in [2.24, 2.45) is 0 Å². The summed E-state index contributed by atoms with van der Waals surface area (Å²) in [7, 11) is -0.601. The first-order chi connectivity index (χ1) is 20.3. The molecule has 3 aromatic rings. The fourth-order valence-corrected chi connectivity index (χ4v) is 5.91. The van der Waals surface area contributed by atoms with Crippen molar-refractivity contribution in [3.8, 4) is 11.9 Å². The quantitative estimate of drug-likeness (QED) is 0.304. The summed E-state index contributed by atoms with van der Waals surface area (Å²) in [6, 6.07) is 10.6. The van der Waals surface area contributed by atoms with E-state index in [1.54, 1.807) is 23.2 Å². The van der Waals surface area contributed by atoms with E-state index in [4.69, 9.17) is 14.6 Å². The van der Waals surface area contributed by atoms with Crippen LogP contribution >= 0.6 is 0 Å². The van der Waals surface area contributed by atoms with Crippen molar-refractivity contribution in [1.29, 1.82) is 5.26 Å². The Morgan fingerprint density at radius 1 is 1.16 bits per heavy atom. The lowest BCUT2D eigenvalue weighted by Gasteiger charge is -2.41. The first-order valence-corrected chi connectivity index (χ1v) is 15.9. The molecule has 0 spiro atoms. The Morgan fingerprint density at radius 2 is 1.84 bits per heavy atom. The molecule has 0 radical (unpaired) electrons. The van der Waals surface area contributed by atoms with E-state index in [9.17, 15) is 18.5 Å². The Morgan fingerprint density at radius 3 is 2.42 bits per heavy atom. The third-order valence-electron chi connectivity index (χ3n) is 7.39. The van der Waals surface area contributed by atoms with Crippen LogP contribution in [0.15, 0.2) is 41.4 Å². The number of carbonyl (C=O) groups excluding carboxylic acids is 1. The molecular weight excluding hydrogens is 570 g/mol. The highest BCUT2D eigenvalue weighted by atomic mass is 32.2. The van der Waals surface area contributed by atoms with Crippen LogP contribution in [0.3, 0.4) is 0 Å². The molecule has 12 nitrogen and oxygen atoms in total. The first kappa shape index (κ1) is 32.0. The van der Waals surface area contributed by atoms with Gasteiger partial charge in [-0.15, -0.1) is 0 Å². The van der Waals surface area contributed by atoms with Crippen LogP contribution in [0.5, 0.6) is 5.88 Å². The van der Waals surface area contributed by atoms with E-state index in [0.717, 1.165) is 18.4 Å². The van der Waals surface area contributed by atoms with Crippen LogP contribution < -0.4 is 10.1 Å². The number of amides is 1. The van der Waals surface area contributed by atoms with Gasteiger partial charge >= 0.3 is 6.09 Å². The molecule has 0 atom stereocenters. The average Bonchev–Trinajstić information content (AvgIpc) is 3.32. The number of hydrogen-bond acceptors (Lipinski definition) is 9. The number of unbranched alkanes of at least 4 members (excludes halogenated alkanes) is 1. The van der Waals surface area contributed by atoms with Crippen molar-refractivity contribution in [3.63, 3.8) is 0 Å². The van der Waals surface area contributed by atoms with Gasteiger partial charge in [-0.3, -0.25) is 4.68 Å². The van der Waals surface area contributed by atoms with E-state index >= 15 is 0 Å². The Hall–Kier alpha value is -3.89. The Labute approximate surface area is 253 Å². The summed E-state index contributed by atoms with van der Waals surface area (Å²) in [5.41, 5.74) is 0.0861. The predicted molar refractivity (Wildman–Crippen MR) is 164 cm³/mol. The molecule has 1 saturated heterocycles. The largest absolute Gasteiger partial charge is 0.477 e. The Kier molecular flexibility index (Phi) is 9.51. The normalized spacial score (nSPS) is 15.3. The maximum Gasteiger partial charge on any atom is 0.410 e. The summed E-state index contributed by atoms with van der Waals surface area (Å²) >= 11 is 0. The zero-order valence-corrected chi connectivity index (χ0v) is 26.6. The minimum Gasteiger partial charge on any atom is -0.477 e. The Bertz CT molecular complexity index is 1580. The molecule has 0 saturated carbocycles. The van der Waals surface area contributed by atoms with Crippen molar-refractivity contribution in [2.45, 2.75) is 75.8 Å². The number of rotatable bonds is 10. The van der Waals surface area contributed by atoms with E-state index < -0.39 is 21.2 Å². The van der Waals surface area contributed by atoms with Crippen LogP contribution in [-0.4, -0.2) is 77.9 Å². The summed E-state index contributed by atoms with van der Waals surface area (Å²) in [6.45, 7) is 8.89. The number of hydrogen-bond donors (Lipinski definition) is 1. The lowest BCUT2D eigenvalue weighted by Crippen LogP contribution is -2.49. The van der Waals surface area contributed by atoms with E-state index in [1.165, 1.54) is 30.5 Å². The number of sulfonamides is 1. The minimum absolute atomic E-state index is 0.174. The van der Waals surface area contributed by atoms with Crippen LogP contribution in [0.4, 0.5) is 16.3 Å². The maximum atomic E-state index is 12.8. The van der Waals surface area contributed by atoms with Gasteiger partial charge < -0.3 is 19.7 Å². The zero-order valence-electron chi connectivity index (χ0n) is 25.8. The van der Waals surface area contributed by atoms with Gasteiger partial charge in [0.25, 0.3) is 0 Å². The summed E-state index contributed by atoms with van der Waals surface area (Å²) in [5.74, 6) is 0.898. The Balaban J connectivity index is 1.74. The summed E-state index contributed by atoms with van der Waals surface area (Å²) in [4.78, 5) is 19.1. The number of nitrogens with zero attached hydrogens (tertiary/aromatic N) is 6. The van der Waals surface area contributed by atoms with Crippen LogP contribution in [0.25, 0.3) is 10.9 Å². The van der Waals surface area contributed by atoms with Gasteiger partial charge in [0.05, 0.1) is 35.0 Å². The molecule has 1 aliphatic rings. The molecule has 1 N–H and O–H groups in total. The van der Waals surface area contributed by atoms with Crippen molar-refractivity contribution in [2.75, 3.05) is 39.1 Å². The molecule has 1 aliphatic heterocycles. The molecule has 0 unspecified atom stereocenters. The van der Waals surface area contributed by atoms with E-state index in [1.807, 2.05) is 31.5 Å². The third kappa shape index (κ3) is 7.02. The van der Waals surface area contributed by atoms with Crippen LogP contribution in [-0.2, 0) is 20.3 Å². The summed E-state index contributed by atoms with van der Waals surface area (Å²) in [5, 5.41) is 18.9. The zero-order chi connectivity index (χ0) is 31.4. The van der Waals surface area contributed by atoms with Crippen molar-refractivity contribution < 1.29 is 22.7 Å². The number of nitriles is 1. The van der Waals surface area contributed by atoms with Gasteiger partial charge in [0.1, 0.15) is 11.0 Å². The third-order valence-corrected chi connectivity index (χ3v) is 9.22. The smallest absolute Gasteiger partial charge is 0.410 e. The minimum atomic E-state index is -3.58. The molecule has 1 aromatic carbocycles. The number of piperidine rings is 1. The number of pyridine rings is 1. The predicted octanol–water partition coefficient (Wildman–Crippen LogP) is 5.24. The molecule has 1 amide bonds. The highest BCUT2D eigenvalue weighted by molar-refractivity contribution is 7.89. The molecule has 3 heterocycles. The number of nitrogens with one attached hydrogen (secondary N) is 1. The number of ether oxygens (including phenoxy) is 2. The number of likely N-dealkylation sites (tertiary alicyclic amines) is 1. The molecule has 43 heavy (non-hydrogen) atoms. The number of anilines is 2. The average molecular weight is 612 g/mol. The van der Waals surface area contributed by atoms with Gasteiger partial charge in [0.15, 0.2) is 5.82 Å². The molecule has 0 aliphatic carbocycles. The van der Waals surface area contributed by atoms with Gasteiger partial charge in [-0.2, -0.15) is 10.4 Å². The van der Waals surface area contributed by atoms with Crippen LogP contribution in [0.1, 0.15) is 59.8 Å². The second-order valence-electron chi connectivity index (χ2n) is 11.9. The van der Waals surface area contributed by atoms with Gasteiger partial charge in [-0.25, -0.2) is 22.5 Å². The van der Waals surface area contributed by atoms with Crippen molar-refractivity contribution in [1.82, 2.24) is 24.0 Å². The highest BCUT2D eigenvalue weighted by Gasteiger charge is 2.41. The van der Waals surface area contributed by atoms with E-state index in [0.29, 0.717) is 55.3 Å². The van der Waals surface area contributed by atoms with Gasteiger partial charge in [-0.05, 0) is 70.4 Å². The highest BCUT2D eigenvalue weighted by Crippen LogP contribution is 2.41. The standard InChI is InChI=1S/C30H41N7O5S/c1-7-8-21-41-27-25-24(13-18-32-27)37(30(14-17-31)15-19-36(20-16-30)28(38)42-29(2,3)4)34-26(25)33-22-9-11-23(12-10-22)43(39,40)35(5)6/h9-13,18H,7-8,14-16,19-21H2,1-6H3,(H,33,34). The SMILES string of the molecule is CCCCOc1nccc2c1c(Nc1ccc(S(=O)(=O)N(C)C)cc1)nn2C1(CC#N)CCN(C(=O)OC(C)(C)C)CC1. The second kappa shape index (κ2) is 12.8. The fraction of sp³-hybridized carbons (Fsp3) is 0.533. The van der Waals surface area contributed by atoms with E-state index in [-0.39, 0.29) is 17.4 Å². The topological polar surface area (TPSA) is 143 Å². The molecular formula is C30H41N7O5S. The second-order valence-corrected chi connectivity index (χ2v) is 14.1. The van der Waals surface area contributed by atoms with Gasteiger partial charge in [0.2, 0.25) is 15.9 Å². The molecule has 13 heteroatoms. The molecule has 1 fully saturated rings. The van der Waals surface area contributed by atoms with E-state index in [2.05, 4.69) is 23.3 Å². The molecule has 2 aromatic heterocycles. The number of carbonyl (C=O) groups is 1. The fourth-order valence-electron chi connectivity index (χ4n) is 5.01. The number of fused-ring (bicyclic) bond motifs is 1. The lowest BCUT2D eigenvalue weighted by molar-refractivity contribution is 0.0110. The number of aromatic nitrogens is 3. The first-order valence-electron chi connectivity index (χ1n) is 14.5. The van der Waals surface area contributed by atoms with Crippen molar-refractivity contribution in [3.05, 3.63) is 36.5 Å². The van der Waals surface area contributed by atoms with Crippen LogP contribution in [0.2, 0.25) is 0 Å². The monoisotopic (exact) mass is 611 g/mol. The summed E-state index contributed by atoms with van der Waals surface area (Å²) < 4.78 is 39.8. The van der Waals surface area contributed by atoms with Gasteiger partial charge in [0, 0.05) is 39.1 Å². The van der Waals surface area contributed by atoms with Crippen LogP contribution in [0, 0.1) is 11.3 Å². The van der Waals surface area contributed by atoms with Gasteiger partial charge in [-0.1, -0.05) is 13.3 Å². The lowest BCUT2D eigenvalue weighted by atomic mass is 9.85.